The number of aliphatic hydroxyl groups excluding tert-OH is 2. The molecule has 10 nitrogen and oxygen atoms in total. The minimum Gasteiger partial charge on any atom is -0.510 e. The second-order valence-corrected chi connectivity index (χ2v) is 9.38. The van der Waals surface area contributed by atoms with Crippen LogP contribution in [0.2, 0.25) is 0 Å². The standard InChI is InChI=1S/C22H24FN3O7/c1-21-5-7-9(23)4-10(24)15(27)11(7)16(28)13(21)19(31)22(33)8(6-21)14(26(2)3)17(29)12(18(22)30)20(25)32/h4,8,14,27,29,31,33H,5-6,24H2,1-3H3,(H2,25,32)/t8-,14-,21-,22+/m0/s1. The Hall–Kier alpha value is -3.44. The van der Waals surface area contributed by atoms with Gasteiger partial charge in [0.05, 0.1) is 17.3 Å². The molecule has 3 aliphatic carbocycles. The molecule has 0 aromatic heterocycles. The van der Waals surface area contributed by atoms with E-state index < -0.39 is 80.2 Å². The van der Waals surface area contributed by atoms with Gasteiger partial charge in [-0.15, -0.1) is 0 Å². The maximum atomic E-state index is 14.8. The maximum Gasteiger partial charge on any atom is 0.255 e. The summed E-state index contributed by atoms with van der Waals surface area (Å²) < 4.78 is 14.8. The van der Waals surface area contributed by atoms with Gasteiger partial charge in [0.2, 0.25) is 5.78 Å². The summed E-state index contributed by atoms with van der Waals surface area (Å²) in [6.07, 6.45) is -0.315. The molecule has 1 amide bonds. The molecule has 0 spiro atoms. The lowest BCUT2D eigenvalue weighted by Crippen LogP contribution is -2.65. The van der Waals surface area contributed by atoms with E-state index in [1.807, 2.05) is 0 Å². The van der Waals surface area contributed by atoms with E-state index in [4.69, 9.17) is 11.5 Å². The minimum atomic E-state index is -2.76. The van der Waals surface area contributed by atoms with Crippen LogP contribution >= 0.6 is 0 Å². The number of allylic oxidation sites excluding steroid dienone is 1. The summed E-state index contributed by atoms with van der Waals surface area (Å²) in [6.45, 7) is 1.55. The third-order valence-corrected chi connectivity index (χ3v) is 7.11. The number of likely N-dealkylation sites (N-methyl/N-ethyl adjacent to an activating group) is 1. The number of nitrogens with two attached hydrogens (primary N) is 2. The number of ketones is 2. The number of hydrogen-bond acceptors (Lipinski definition) is 9. The molecule has 0 unspecified atom stereocenters. The summed E-state index contributed by atoms with van der Waals surface area (Å²) in [4.78, 5) is 40.0. The van der Waals surface area contributed by atoms with Crippen LogP contribution in [0, 0.1) is 17.2 Å². The lowest BCUT2D eigenvalue weighted by Gasteiger charge is -2.53. The summed E-state index contributed by atoms with van der Waals surface area (Å²) in [7, 11) is 3.05. The number of rotatable bonds is 2. The second kappa shape index (κ2) is 6.78. The number of nitrogen functional groups attached to an aromatic ring is 1. The number of aliphatic hydroxyl groups is 3. The molecule has 8 N–H and O–H groups in total. The van der Waals surface area contributed by atoms with Gasteiger partial charge in [0.25, 0.3) is 5.91 Å². The topological polar surface area (TPSA) is 187 Å². The van der Waals surface area contributed by atoms with Gasteiger partial charge in [-0.1, -0.05) is 6.92 Å². The van der Waals surface area contributed by atoms with Gasteiger partial charge in [0.15, 0.2) is 11.4 Å². The van der Waals surface area contributed by atoms with Crippen molar-refractivity contribution in [3.8, 4) is 5.75 Å². The zero-order valence-electron chi connectivity index (χ0n) is 18.1. The first kappa shape index (κ1) is 22.7. The number of halogens is 1. The number of phenols is 1. The SMILES string of the molecule is CN(C)[C@@H]1C(O)=C(C(N)=O)C(=O)[C@@]2(O)C(O)=C3C(=O)c4c(O)c(N)cc(F)c4C[C@@]3(C)C[C@@H]12. The lowest BCUT2D eigenvalue weighted by atomic mass is 9.53. The van der Waals surface area contributed by atoms with E-state index in [1.165, 1.54) is 19.0 Å². The first-order chi connectivity index (χ1) is 15.2. The number of carbonyl (C=O) groups excluding carboxylic acids is 3. The largest absolute Gasteiger partial charge is 0.510 e. The summed E-state index contributed by atoms with van der Waals surface area (Å²) in [5, 5.41) is 43.8. The number of fused-ring (bicyclic) bond motifs is 3. The zero-order chi connectivity index (χ0) is 24.8. The van der Waals surface area contributed by atoms with E-state index in [0.717, 1.165) is 6.07 Å². The normalized spacial score (nSPS) is 31.5. The van der Waals surface area contributed by atoms with Crippen molar-refractivity contribution in [2.75, 3.05) is 19.8 Å². The number of benzene rings is 1. The molecule has 0 heterocycles. The molecule has 4 atom stereocenters. The molecule has 11 heteroatoms. The van der Waals surface area contributed by atoms with Crippen LogP contribution in [0.3, 0.4) is 0 Å². The van der Waals surface area contributed by atoms with E-state index in [9.17, 15) is 39.2 Å². The van der Waals surface area contributed by atoms with Gasteiger partial charge in [-0.25, -0.2) is 4.39 Å². The molecule has 3 aliphatic rings. The minimum absolute atomic E-state index is 0.114. The number of carbonyl (C=O) groups is 3. The Balaban J connectivity index is 2.04. The Morgan fingerprint density at radius 2 is 1.85 bits per heavy atom. The summed E-state index contributed by atoms with van der Waals surface area (Å²) in [5.74, 6) is -8.05. The number of phenolic OH excluding ortho intramolecular Hbond substituents is 1. The van der Waals surface area contributed by atoms with Gasteiger partial charge in [-0.2, -0.15) is 0 Å². The van der Waals surface area contributed by atoms with Gasteiger partial charge >= 0.3 is 0 Å². The van der Waals surface area contributed by atoms with Gasteiger partial charge in [-0.3, -0.25) is 19.3 Å². The molecular weight excluding hydrogens is 437 g/mol. The molecule has 1 aromatic rings. The van der Waals surface area contributed by atoms with Crippen LogP contribution in [0.25, 0.3) is 0 Å². The van der Waals surface area contributed by atoms with Crippen LogP contribution in [0.1, 0.15) is 29.3 Å². The van der Waals surface area contributed by atoms with E-state index in [1.54, 1.807) is 6.92 Å². The average molecular weight is 461 g/mol. The summed E-state index contributed by atoms with van der Waals surface area (Å²) in [6, 6.07) is -0.240. The van der Waals surface area contributed by atoms with Crippen molar-refractivity contribution in [2.45, 2.75) is 31.4 Å². The van der Waals surface area contributed by atoms with E-state index >= 15 is 0 Å². The molecule has 1 aromatic carbocycles. The monoisotopic (exact) mass is 461 g/mol. The smallest absolute Gasteiger partial charge is 0.255 e. The van der Waals surface area contributed by atoms with Crippen molar-refractivity contribution in [3.63, 3.8) is 0 Å². The van der Waals surface area contributed by atoms with Crippen LogP contribution in [0.4, 0.5) is 10.1 Å². The predicted octanol–water partition coefficient (Wildman–Crippen LogP) is 0.232. The molecule has 0 radical (unpaired) electrons. The van der Waals surface area contributed by atoms with Crippen LogP contribution in [0.15, 0.2) is 28.7 Å². The van der Waals surface area contributed by atoms with Gasteiger partial charge in [-0.05, 0) is 26.9 Å². The number of nitrogens with zero attached hydrogens (tertiary/aromatic N) is 1. The van der Waals surface area contributed by atoms with Crippen molar-refractivity contribution < 1.29 is 39.2 Å². The number of primary amides is 1. The van der Waals surface area contributed by atoms with Crippen LogP contribution in [-0.4, -0.2) is 68.5 Å². The summed E-state index contributed by atoms with van der Waals surface area (Å²) >= 11 is 0. The molecule has 4 rings (SSSR count). The molecule has 0 saturated carbocycles. The lowest BCUT2D eigenvalue weighted by molar-refractivity contribution is -0.150. The highest BCUT2D eigenvalue weighted by Gasteiger charge is 2.65. The van der Waals surface area contributed by atoms with Crippen molar-refractivity contribution in [1.82, 2.24) is 4.90 Å². The number of hydrogen-bond donors (Lipinski definition) is 6. The predicted molar refractivity (Wildman–Crippen MR) is 113 cm³/mol. The Kier molecular flexibility index (Phi) is 4.67. The Morgan fingerprint density at radius 3 is 2.39 bits per heavy atom. The highest BCUT2D eigenvalue weighted by molar-refractivity contribution is 6.25. The maximum absolute atomic E-state index is 14.8. The first-order valence-corrected chi connectivity index (χ1v) is 10.1. The van der Waals surface area contributed by atoms with Crippen LogP contribution in [0.5, 0.6) is 5.75 Å². The van der Waals surface area contributed by atoms with Gasteiger partial charge in [0, 0.05) is 28.5 Å². The number of Topliss-reactive ketones (excluding diaryl/α,β-unsaturated/α-hetero) is 2. The molecule has 0 saturated heterocycles. The average Bonchev–Trinajstić information content (AvgIpc) is 2.68. The van der Waals surface area contributed by atoms with Crippen LogP contribution in [-0.2, 0) is 16.0 Å². The molecular formula is C22H24FN3O7. The molecule has 0 bridgehead atoms. The van der Waals surface area contributed by atoms with E-state index in [0.29, 0.717) is 0 Å². The fourth-order valence-electron chi connectivity index (χ4n) is 5.66. The molecule has 0 aliphatic heterocycles. The Labute approximate surface area is 187 Å². The fourth-order valence-corrected chi connectivity index (χ4v) is 5.66. The summed E-state index contributed by atoms with van der Waals surface area (Å²) in [5.41, 5.74) is 4.58. The van der Waals surface area contributed by atoms with E-state index in [-0.39, 0.29) is 24.1 Å². The molecule has 33 heavy (non-hydrogen) atoms. The first-order valence-electron chi connectivity index (χ1n) is 10.1. The Morgan fingerprint density at radius 1 is 1.24 bits per heavy atom. The third kappa shape index (κ3) is 2.69. The number of amides is 1. The van der Waals surface area contributed by atoms with Crippen molar-refractivity contribution in [1.29, 1.82) is 0 Å². The number of aromatic hydroxyl groups is 1. The zero-order valence-corrected chi connectivity index (χ0v) is 18.1. The number of anilines is 1. The Bertz CT molecular complexity index is 1220. The van der Waals surface area contributed by atoms with Gasteiger partial charge in [0.1, 0.15) is 28.7 Å². The second-order valence-electron chi connectivity index (χ2n) is 9.38. The van der Waals surface area contributed by atoms with Crippen LogP contribution < -0.4 is 11.5 Å². The van der Waals surface area contributed by atoms with Crippen molar-refractivity contribution in [2.24, 2.45) is 17.1 Å². The highest BCUT2D eigenvalue weighted by Crippen LogP contribution is 2.57. The van der Waals surface area contributed by atoms with Gasteiger partial charge < -0.3 is 31.9 Å². The quantitative estimate of drug-likeness (QED) is 0.204. The molecule has 176 valence electrons. The highest BCUT2D eigenvalue weighted by atomic mass is 19.1. The van der Waals surface area contributed by atoms with E-state index in [2.05, 4.69) is 0 Å². The van der Waals surface area contributed by atoms with Crippen molar-refractivity contribution in [3.05, 3.63) is 45.7 Å². The third-order valence-electron chi connectivity index (χ3n) is 7.11. The van der Waals surface area contributed by atoms with Crippen molar-refractivity contribution >= 4 is 23.2 Å². The fraction of sp³-hybridized carbons (Fsp3) is 0.409. The molecule has 0 fully saturated rings.